The van der Waals surface area contributed by atoms with Crippen molar-refractivity contribution in [2.24, 2.45) is 5.41 Å². The molecule has 0 spiro atoms. The van der Waals surface area contributed by atoms with E-state index in [1.165, 1.54) is 11.1 Å². The fourth-order valence-electron chi connectivity index (χ4n) is 7.45. The Morgan fingerprint density at radius 1 is 0.679 bits per heavy atom. The molecular formula is C50H45N5O. The zero-order chi connectivity index (χ0) is 40.4. The van der Waals surface area contributed by atoms with Crippen molar-refractivity contribution in [3.8, 4) is 39.8 Å². The molecule has 0 unspecified atom stereocenters. The maximum absolute atomic E-state index is 8.91. The summed E-state index contributed by atoms with van der Waals surface area (Å²) in [4.78, 5) is 9.51. The number of benzene rings is 5. The molecule has 9 rings (SSSR count). The van der Waals surface area contributed by atoms with Gasteiger partial charge in [-0.1, -0.05) is 120 Å². The summed E-state index contributed by atoms with van der Waals surface area (Å²) >= 11 is 0. The summed E-state index contributed by atoms with van der Waals surface area (Å²) in [6.45, 7) is 12.4. The zero-order valence-corrected chi connectivity index (χ0v) is 32.6. The van der Waals surface area contributed by atoms with Crippen LogP contribution < -0.4 is 9.30 Å². The fraction of sp³-hybridized carbons (Fsp3) is 0.180. The highest BCUT2D eigenvalue weighted by molar-refractivity contribution is 6.10. The molecule has 4 heterocycles. The van der Waals surface area contributed by atoms with Crippen LogP contribution in [-0.2, 0) is 11.8 Å². The standard InChI is InChI=1S/C50H45N5O/c1-49(2,3)30-34-13-12-16-38(25-34)53-33-54(46-18-11-10-17-45(46)53)39-28-41(32-51-31-39)56-40-20-21-42-43-26-36(35-14-8-7-9-15-35)19-22-44(43)55(47(42)29-40)48-27-37(23-24-52-48)50(4,5)6/h7-29,31-32H,30H2,1-6H3/i30D2. The molecule has 9 aromatic rings. The Bertz CT molecular complexity index is 2990. The number of imidazole rings is 1. The van der Waals surface area contributed by atoms with E-state index in [9.17, 15) is 0 Å². The number of fused-ring (bicyclic) bond motifs is 4. The molecule has 6 heteroatoms. The van der Waals surface area contributed by atoms with Gasteiger partial charge in [-0.15, -0.1) is 0 Å². The summed E-state index contributed by atoms with van der Waals surface area (Å²) in [5.74, 6) is 2.10. The molecule has 0 saturated carbocycles. The quantitative estimate of drug-likeness (QED) is 0.121. The topological polar surface area (TPSA) is 48.8 Å². The second kappa shape index (κ2) is 13.6. The van der Waals surface area contributed by atoms with Gasteiger partial charge in [0, 0.05) is 32.0 Å². The van der Waals surface area contributed by atoms with Crippen LogP contribution >= 0.6 is 0 Å². The second-order valence-electron chi connectivity index (χ2n) is 16.4. The SMILES string of the molecule is [2H]C([2H])(c1cccc(-[n+]2[c-]n(-c3cncc(Oc4ccc5c6cc(-c7ccccc7)ccc6n(-c6cc(C(C)(C)C)ccn6)c5c4)c3)c3ccccc32)c1)C(C)(C)C. The highest BCUT2D eigenvalue weighted by atomic mass is 16.5. The summed E-state index contributed by atoms with van der Waals surface area (Å²) in [6, 6.07) is 45.4. The molecule has 0 bridgehead atoms. The first-order valence-electron chi connectivity index (χ1n) is 20.1. The van der Waals surface area contributed by atoms with Gasteiger partial charge in [0.1, 0.15) is 17.3 Å². The number of para-hydroxylation sites is 2. The predicted octanol–water partition coefficient (Wildman–Crippen LogP) is 11.9. The van der Waals surface area contributed by atoms with Gasteiger partial charge in [-0.25, -0.2) is 4.98 Å². The lowest BCUT2D eigenvalue weighted by molar-refractivity contribution is -0.572. The molecule has 0 N–H and O–H groups in total. The van der Waals surface area contributed by atoms with Gasteiger partial charge in [-0.3, -0.25) is 18.7 Å². The van der Waals surface area contributed by atoms with E-state index in [1.807, 2.05) is 103 Å². The molecule has 0 aliphatic heterocycles. The molecule has 0 saturated heterocycles. The lowest BCUT2D eigenvalue weighted by Gasteiger charge is -2.20. The van der Waals surface area contributed by atoms with Gasteiger partial charge in [0.2, 0.25) is 0 Å². The number of pyridine rings is 2. The molecular weight excluding hydrogens is 687 g/mol. The van der Waals surface area contributed by atoms with Crippen LogP contribution in [0.15, 0.2) is 152 Å². The van der Waals surface area contributed by atoms with Crippen LogP contribution in [0.2, 0.25) is 0 Å². The minimum atomic E-state index is -1.53. The van der Waals surface area contributed by atoms with Crippen LogP contribution in [0.1, 0.15) is 55.4 Å². The maximum atomic E-state index is 8.91. The first-order valence-corrected chi connectivity index (χ1v) is 19.1. The normalized spacial score (nSPS) is 13.0. The van der Waals surface area contributed by atoms with Crippen LogP contribution in [0, 0.1) is 11.7 Å². The number of hydrogen-bond donors (Lipinski definition) is 0. The largest absolute Gasteiger partial charge is 0.456 e. The van der Waals surface area contributed by atoms with E-state index < -0.39 is 11.8 Å². The van der Waals surface area contributed by atoms with Gasteiger partial charge < -0.3 is 4.74 Å². The van der Waals surface area contributed by atoms with Gasteiger partial charge in [-0.05, 0) is 88.5 Å². The number of rotatable bonds is 7. The van der Waals surface area contributed by atoms with Gasteiger partial charge >= 0.3 is 0 Å². The van der Waals surface area contributed by atoms with E-state index in [-0.39, 0.29) is 5.41 Å². The minimum absolute atomic E-state index is 0.0446. The number of ether oxygens (including phenoxy) is 1. The van der Waals surface area contributed by atoms with E-state index in [2.05, 4.69) is 103 Å². The third-order valence-corrected chi connectivity index (χ3v) is 10.1. The monoisotopic (exact) mass is 733 g/mol. The Labute approximate surface area is 331 Å². The lowest BCUT2D eigenvalue weighted by Crippen LogP contribution is -2.29. The molecule has 0 aliphatic carbocycles. The second-order valence-corrected chi connectivity index (χ2v) is 16.4. The van der Waals surface area contributed by atoms with Crippen LogP contribution in [0.3, 0.4) is 0 Å². The average Bonchev–Trinajstić information content (AvgIpc) is 3.76. The Kier molecular flexibility index (Phi) is 8.01. The molecule has 276 valence electrons. The average molecular weight is 734 g/mol. The van der Waals surface area contributed by atoms with Gasteiger partial charge in [0.15, 0.2) is 0 Å². The molecule has 6 nitrogen and oxygen atoms in total. The minimum Gasteiger partial charge on any atom is -0.456 e. The van der Waals surface area contributed by atoms with Crippen molar-refractivity contribution in [2.75, 3.05) is 0 Å². The molecule has 0 fully saturated rings. The Hall–Kier alpha value is -6.53. The summed E-state index contributed by atoms with van der Waals surface area (Å²) < 4.78 is 30.6. The van der Waals surface area contributed by atoms with E-state index in [4.69, 9.17) is 12.5 Å². The van der Waals surface area contributed by atoms with Crippen molar-refractivity contribution in [3.63, 3.8) is 0 Å². The summed E-state index contributed by atoms with van der Waals surface area (Å²) in [5.41, 5.74) is 9.04. The van der Waals surface area contributed by atoms with Crippen molar-refractivity contribution >= 4 is 32.8 Å². The maximum Gasteiger partial charge on any atom is 0.269 e. The van der Waals surface area contributed by atoms with E-state index in [1.54, 1.807) is 12.4 Å². The van der Waals surface area contributed by atoms with Crippen molar-refractivity contribution in [2.45, 2.75) is 53.3 Å². The van der Waals surface area contributed by atoms with Crippen LogP contribution in [0.25, 0.3) is 61.2 Å². The first kappa shape index (κ1) is 32.9. The summed E-state index contributed by atoms with van der Waals surface area (Å²) in [7, 11) is 0. The van der Waals surface area contributed by atoms with Crippen LogP contribution in [-0.4, -0.2) is 19.1 Å². The molecule has 0 aliphatic rings. The zero-order valence-electron chi connectivity index (χ0n) is 34.6. The number of hydrogen-bond acceptors (Lipinski definition) is 3. The highest BCUT2D eigenvalue weighted by Gasteiger charge is 2.20. The number of nitrogens with zero attached hydrogens (tertiary/aromatic N) is 5. The van der Waals surface area contributed by atoms with Crippen molar-refractivity contribution in [1.29, 1.82) is 0 Å². The molecule has 0 radical (unpaired) electrons. The van der Waals surface area contributed by atoms with Crippen molar-refractivity contribution in [3.05, 3.63) is 170 Å². The van der Waals surface area contributed by atoms with Gasteiger partial charge in [0.05, 0.1) is 39.6 Å². The summed E-state index contributed by atoms with van der Waals surface area (Å²) in [5, 5.41) is 2.24. The Morgan fingerprint density at radius 2 is 1.50 bits per heavy atom. The number of aromatic nitrogens is 5. The molecule has 0 atom stereocenters. The van der Waals surface area contributed by atoms with E-state index >= 15 is 0 Å². The first-order chi connectivity index (χ1) is 27.8. The molecule has 56 heavy (non-hydrogen) atoms. The third kappa shape index (κ3) is 6.72. The smallest absolute Gasteiger partial charge is 0.269 e. The Balaban J connectivity index is 1.12. The molecule has 0 amide bonds. The van der Waals surface area contributed by atoms with Gasteiger partial charge in [0.25, 0.3) is 6.33 Å². The molecule has 4 aromatic heterocycles. The third-order valence-electron chi connectivity index (χ3n) is 10.1. The summed E-state index contributed by atoms with van der Waals surface area (Å²) in [6.07, 6.45) is 7.42. The molecule has 5 aromatic carbocycles. The van der Waals surface area contributed by atoms with E-state index in [0.29, 0.717) is 17.1 Å². The lowest BCUT2D eigenvalue weighted by atomic mass is 9.88. The van der Waals surface area contributed by atoms with Crippen molar-refractivity contribution < 1.29 is 12.0 Å². The predicted molar refractivity (Wildman–Crippen MR) is 227 cm³/mol. The van der Waals surface area contributed by atoms with Crippen LogP contribution in [0.5, 0.6) is 11.5 Å². The Morgan fingerprint density at radius 3 is 2.32 bits per heavy atom. The van der Waals surface area contributed by atoms with E-state index in [0.717, 1.165) is 55.6 Å². The van der Waals surface area contributed by atoms with Crippen LogP contribution in [0.4, 0.5) is 0 Å². The fourth-order valence-corrected chi connectivity index (χ4v) is 7.45. The van der Waals surface area contributed by atoms with Crippen molar-refractivity contribution in [1.82, 2.24) is 19.1 Å². The highest BCUT2D eigenvalue weighted by Crippen LogP contribution is 2.38. The van der Waals surface area contributed by atoms with Gasteiger partial charge in [-0.2, -0.15) is 0 Å².